The predicted molar refractivity (Wildman–Crippen MR) is 43.0 cm³/mol. The molecule has 1 unspecified atom stereocenters. The molecule has 8 N–H and O–H groups in total. The van der Waals surface area contributed by atoms with E-state index in [1.807, 2.05) is 5.32 Å². The monoisotopic (exact) mass is 386 g/mol. The zero-order chi connectivity index (χ0) is 8.43. The zero-order valence-corrected chi connectivity index (χ0v) is 9.41. The number of rotatable bonds is 1. The summed E-state index contributed by atoms with van der Waals surface area (Å²) >= 11 is 0. The Hall–Kier alpha value is -0.982. The van der Waals surface area contributed by atoms with E-state index >= 15 is 0 Å². The third kappa shape index (κ3) is 4.90. The number of carboxylic acids is 1. The number of carboxylic acid groups (broad SMARTS) is 1. The summed E-state index contributed by atoms with van der Waals surface area (Å²) in [5.41, 5.74) is 0. The first-order valence-electron chi connectivity index (χ1n) is 2.87. The van der Waals surface area contributed by atoms with Gasteiger partial charge < -0.3 is 28.0 Å². The number of amides is 3. The molecule has 9 heteroatoms. The van der Waals surface area contributed by atoms with Gasteiger partial charge in [0.05, 0.1) is 6.04 Å². The van der Waals surface area contributed by atoms with Crippen molar-refractivity contribution in [2.24, 2.45) is 0 Å². The molecule has 1 fully saturated rings. The van der Waals surface area contributed by atoms with E-state index in [4.69, 9.17) is 5.11 Å². The minimum Gasteiger partial charge on any atom is -0.481 e. The van der Waals surface area contributed by atoms with Gasteiger partial charge in [0.25, 0.3) is 0 Å². The second-order valence-corrected chi connectivity index (χ2v) is 2.04. The van der Waals surface area contributed by atoms with E-state index in [-0.39, 0.29) is 39.8 Å². The van der Waals surface area contributed by atoms with Crippen LogP contribution in [0.2, 0.25) is 0 Å². The quantitative estimate of drug-likeness (QED) is 0.486. The molecule has 0 bridgehead atoms. The Morgan fingerprint density at radius 3 is 2.29 bits per heavy atom. The van der Waals surface area contributed by atoms with Crippen molar-refractivity contribution in [3.05, 3.63) is 5.32 Å². The molecule has 0 spiro atoms. The second kappa shape index (κ2) is 7.42. The number of nitrogens with one attached hydrogen (secondary N) is 1. The van der Waals surface area contributed by atoms with E-state index in [9.17, 15) is 14.4 Å². The van der Waals surface area contributed by atoms with E-state index in [1.165, 1.54) is 0 Å². The molecule has 1 aliphatic heterocycles. The largest absolute Gasteiger partial charge is 0.481 e. The van der Waals surface area contributed by atoms with Crippen LogP contribution in [-0.2, 0) is 30.7 Å². The fourth-order valence-electron chi connectivity index (χ4n) is 0.708. The van der Waals surface area contributed by atoms with Crippen molar-refractivity contribution in [1.29, 1.82) is 0 Å². The van der Waals surface area contributed by atoms with Crippen LogP contribution in [0.15, 0.2) is 0 Å². The van der Waals surface area contributed by atoms with Gasteiger partial charge in [-0.25, -0.2) is 0 Å². The number of carbonyl (C=O) groups is 3. The smallest absolute Gasteiger partial charge is 0.306 e. The fourth-order valence-corrected chi connectivity index (χ4v) is 0.708. The molecule has 1 atom stereocenters. The van der Waals surface area contributed by atoms with Crippen molar-refractivity contribution >= 4 is 17.9 Å². The number of hydrogen-bond acceptors (Lipinski definition) is 5. The van der Waals surface area contributed by atoms with E-state index < -0.39 is 23.9 Å². The molecule has 0 aromatic rings. The normalized spacial score (nSPS) is 18.7. The second-order valence-electron chi connectivity index (χ2n) is 2.04. The van der Waals surface area contributed by atoms with E-state index in [1.54, 1.807) is 0 Å². The Morgan fingerprint density at radius 2 is 1.93 bits per heavy atom. The fraction of sp³-hybridized carbons (Fsp3) is 0.400. The molecule has 0 aromatic carbocycles. The first-order valence-corrected chi connectivity index (χ1v) is 2.87. The van der Waals surface area contributed by atoms with Crippen molar-refractivity contribution in [2.45, 2.75) is 12.5 Å². The Kier molecular flexibility index (Phi) is 9.94. The molecule has 14 heavy (non-hydrogen) atoms. The Bertz CT molecular complexity index is 218. The van der Waals surface area contributed by atoms with Gasteiger partial charge >= 0.3 is 5.97 Å². The standard InChI is InChI=1S/C5H6N2O4.2H3N.Pt/c8-3-1-2(4(9)10)6-5(11)7-3;;;/h2H,1H2,(H3,6,7,8,9,10,11);2*1H3;/p-1. The summed E-state index contributed by atoms with van der Waals surface area (Å²) in [5, 5.41) is 13.4. The van der Waals surface area contributed by atoms with Crippen LogP contribution in [0.3, 0.4) is 0 Å². The molecule has 0 aromatic heterocycles. The molecule has 86 valence electrons. The van der Waals surface area contributed by atoms with Gasteiger partial charge in [0.15, 0.2) is 6.03 Å². The van der Waals surface area contributed by atoms with Gasteiger partial charge in [-0.15, -0.1) is 0 Å². The van der Waals surface area contributed by atoms with E-state index in [0.29, 0.717) is 0 Å². The van der Waals surface area contributed by atoms with Crippen LogP contribution < -0.4 is 17.6 Å². The van der Waals surface area contributed by atoms with Crippen LogP contribution in [0, 0.1) is 0 Å². The van der Waals surface area contributed by atoms with Crippen molar-refractivity contribution in [2.75, 3.05) is 0 Å². The molecule has 1 saturated heterocycles. The van der Waals surface area contributed by atoms with Crippen LogP contribution in [0.25, 0.3) is 5.32 Å². The summed E-state index contributed by atoms with van der Waals surface area (Å²) in [4.78, 5) is 31.2. The maximum absolute atomic E-state index is 10.5. The first kappa shape index (κ1) is 18.7. The third-order valence-corrected chi connectivity index (χ3v) is 1.18. The minimum absolute atomic E-state index is 0. The molecule has 1 aliphatic rings. The summed E-state index contributed by atoms with van der Waals surface area (Å²) in [6.45, 7) is 0. The van der Waals surface area contributed by atoms with Crippen LogP contribution >= 0.6 is 0 Å². The summed E-state index contributed by atoms with van der Waals surface area (Å²) in [5.74, 6) is -1.86. The van der Waals surface area contributed by atoms with Crippen molar-refractivity contribution in [3.8, 4) is 0 Å². The number of nitrogens with zero attached hydrogens (tertiary/aromatic N) is 1. The number of aliphatic carboxylic acids is 1. The molecule has 0 aliphatic carbocycles. The maximum atomic E-state index is 10.5. The molecule has 1 rings (SSSR count). The van der Waals surface area contributed by atoms with E-state index in [0.717, 1.165) is 0 Å². The Morgan fingerprint density at radius 1 is 1.43 bits per heavy atom. The SMILES string of the molecule is N.N.O=C1CC(C(=O)O)[N-]C(=O)N1.[Pt]. The summed E-state index contributed by atoms with van der Waals surface area (Å²) in [7, 11) is 0. The van der Waals surface area contributed by atoms with Crippen LogP contribution in [0.5, 0.6) is 0 Å². The number of carbonyl (C=O) groups excluding carboxylic acids is 2. The molecule has 1 heterocycles. The first-order chi connectivity index (χ1) is 5.09. The number of imide groups is 1. The minimum atomic E-state index is -1.26. The van der Waals surface area contributed by atoms with Gasteiger partial charge in [0, 0.05) is 27.5 Å². The van der Waals surface area contributed by atoms with Crippen molar-refractivity contribution in [3.63, 3.8) is 0 Å². The Labute approximate surface area is 94.2 Å². The number of urea groups is 1. The average molecular weight is 386 g/mol. The van der Waals surface area contributed by atoms with Crippen LogP contribution in [0.1, 0.15) is 6.42 Å². The van der Waals surface area contributed by atoms with Crippen molar-refractivity contribution in [1.82, 2.24) is 17.6 Å². The molecule has 8 nitrogen and oxygen atoms in total. The summed E-state index contributed by atoms with van der Waals surface area (Å²) < 4.78 is 0. The molecule has 3 amide bonds. The number of hydrogen-bond donors (Lipinski definition) is 4. The predicted octanol–water partition coefficient (Wildman–Crippen LogP) is -0.225. The maximum Gasteiger partial charge on any atom is 0.306 e. The average Bonchev–Trinajstić information content (AvgIpc) is 1.85. The van der Waals surface area contributed by atoms with Gasteiger partial charge in [-0.3, -0.25) is 14.4 Å². The van der Waals surface area contributed by atoms with Gasteiger partial charge in [0.2, 0.25) is 0 Å². The van der Waals surface area contributed by atoms with Crippen LogP contribution in [-0.4, -0.2) is 29.1 Å². The van der Waals surface area contributed by atoms with Crippen LogP contribution in [0.4, 0.5) is 4.79 Å². The van der Waals surface area contributed by atoms with Gasteiger partial charge in [-0.05, 0) is 0 Å². The van der Waals surface area contributed by atoms with Gasteiger partial charge in [-0.1, -0.05) is 0 Å². The van der Waals surface area contributed by atoms with Crippen molar-refractivity contribution < 1.29 is 40.6 Å². The topological polar surface area (TPSA) is 168 Å². The summed E-state index contributed by atoms with van der Waals surface area (Å²) in [6.07, 6.45) is -0.263. The van der Waals surface area contributed by atoms with E-state index in [2.05, 4.69) is 5.32 Å². The zero-order valence-electron chi connectivity index (χ0n) is 7.13. The summed E-state index contributed by atoms with van der Waals surface area (Å²) in [6, 6.07) is -2.09. The molecule has 0 radical (unpaired) electrons. The molecular formula is C5H11N4O4Pt-. The Balaban J connectivity index is -0.000000403. The third-order valence-electron chi connectivity index (χ3n) is 1.18. The molecule has 0 saturated carbocycles. The van der Waals surface area contributed by atoms with Gasteiger partial charge in [-0.2, -0.15) is 0 Å². The molecular weight excluding hydrogens is 375 g/mol. The van der Waals surface area contributed by atoms with Gasteiger partial charge in [0.1, 0.15) is 5.91 Å².